The maximum absolute atomic E-state index is 12.4. The van der Waals surface area contributed by atoms with E-state index >= 15 is 0 Å². The summed E-state index contributed by atoms with van der Waals surface area (Å²) in [6.45, 7) is 1.21. The van der Waals surface area contributed by atoms with Gasteiger partial charge in [0.2, 0.25) is 11.8 Å². The number of nitrogens with one attached hydrogen (secondary N) is 1. The average Bonchev–Trinajstić information content (AvgIpc) is 3.37. The van der Waals surface area contributed by atoms with Crippen LogP contribution in [0, 0.1) is 0 Å². The van der Waals surface area contributed by atoms with Gasteiger partial charge in [-0.05, 0) is 36.5 Å². The molecule has 0 atom stereocenters. The summed E-state index contributed by atoms with van der Waals surface area (Å²) in [7, 11) is 0. The van der Waals surface area contributed by atoms with Gasteiger partial charge in [-0.1, -0.05) is 17.3 Å². The van der Waals surface area contributed by atoms with Crippen LogP contribution < -0.4 is 11.1 Å². The molecule has 0 bridgehead atoms. The molecule has 0 unspecified atom stereocenters. The summed E-state index contributed by atoms with van der Waals surface area (Å²) in [4.78, 5) is 29.9. The van der Waals surface area contributed by atoms with Crippen LogP contribution in [0.4, 0.5) is 4.79 Å². The summed E-state index contributed by atoms with van der Waals surface area (Å²) in [6, 6.07) is 5.25. The van der Waals surface area contributed by atoms with Crippen LogP contribution in [-0.2, 0) is 19.5 Å². The highest BCUT2D eigenvalue weighted by Crippen LogP contribution is 2.38. The van der Waals surface area contributed by atoms with E-state index in [9.17, 15) is 9.59 Å². The van der Waals surface area contributed by atoms with Gasteiger partial charge in [0.25, 0.3) is 0 Å². The van der Waals surface area contributed by atoms with Crippen molar-refractivity contribution in [1.29, 1.82) is 0 Å². The summed E-state index contributed by atoms with van der Waals surface area (Å²) < 4.78 is 5.18. The fourth-order valence-electron chi connectivity index (χ4n) is 3.12. The second-order valence-electron chi connectivity index (χ2n) is 6.46. The molecule has 130 valence electrons. The van der Waals surface area contributed by atoms with Crippen LogP contribution in [0.5, 0.6) is 0 Å². The minimum absolute atomic E-state index is 0.187. The average molecular weight is 341 g/mol. The lowest BCUT2D eigenvalue weighted by Gasteiger charge is -2.29. The Morgan fingerprint density at radius 3 is 2.96 bits per heavy atom. The molecule has 3 amide bonds. The number of amides is 3. The third-order valence-electron chi connectivity index (χ3n) is 4.63. The molecular formula is C17H19N5O3. The predicted molar refractivity (Wildman–Crippen MR) is 87.6 cm³/mol. The Morgan fingerprint density at radius 2 is 2.20 bits per heavy atom. The van der Waals surface area contributed by atoms with Crippen molar-refractivity contribution in [3.8, 4) is 0 Å². The molecular weight excluding hydrogens is 322 g/mol. The van der Waals surface area contributed by atoms with Crippen LogP contribution in [0.3, 0.4) is 0 Å². The Morgan fingerprint density at radius 1 is 1.36 bits per heavy atom. The number of carbonyl (C=O) groups excluding carboxylic acids is 2. The summed E-state index contributed by atoms with van der Waals surface area (Å²) in [5, 5.41) is 6.71. The highest BCUT2D eigenvalue weighted by Gasteiger charge is 2.30. The van der Waals surface area contributed by atoms with Crippen molar-refractivity contribution in [2.24, 2.45) is 5.73 Å². The molecule has 3 N–H and O–H groups in total. The normalized spacial score (nSPS) is 16.4. The van der Waals surface area contributed by atoms with Gasteiger partial charge in [0, 0.05) is 24.6 Å². The number of hydrogen-bond donors (Lipinski definition) is 2. The van der Waals surface area contributed by atoms with E-state index in [1.165, 1.54) is 0 Å². The minimum atomic E-state index is -0.432. The topological polar surface area (TPSA) is 114 Å². The van der Waals surface area contributed by atoms with Crippen LogP contribution in [0.2, 0.25) is 0 Å². The van der Waals surface area contributed by atoms with E-state index in [1.54, 1.807) is 17.0 Å². The zero-order valence-electron chi connectivity index (χ0n) is 13.7. The summed E-state index contributed by atoms with van der Waals surface area (Å²) in [6.07, 6.45) is 2.79. The molecule has 4 rings (SSSR count). The number of fused-ring (bicyclic) bond motifs is 1. The molecule has 1 aliphatic heterocycles. The monoisotopic (exact) mass is 341 g/mol. The van der Waals surface area contributed by atoms with Crippen molar-refractivity contribution >= 4 is 11.9 Å². The number of primary amides is 1. The Hall–Kier alpha value is -2.90. The molecule has 0 saturated heterocycles. The minimum Gasteiger partial charge on any atom is -0.366 e. The van der Waals surface area contributed by atoms with Gasteiger partial charge in [-0.2, -0.15) is 4.98 Å². The lowest BCUT2D eigenvalue weighted by molar-refractivity contribution is 0.0999. The highest BCUT2D eigenvalue weighted by molar-refractivity contribution is 5.94. The van der Waals surface area contributed by atoms with Crippen molar-refractivity contribution in [3.05, 3.63) is 46.6 Å². The van der Waals surface area contributed by atoms with Crippen LogP contribution in [0.25, 0.3) is 0 Å². The van der Waals surface area contributed by atoms with E-state index < -0.39 is 5.91 Å². The maximum Gasteiger partial charge on any atom is 0.318 e. The van der Waals surface area contributed by atoms with Gasteiger partial charge in [0.05, 0.1) is 6.54 Å². The van der Waals surface area contributed by atoms with Gasteiger partial charge in [-0.15, -0.1) is 0 Å². The number of nitrogens with zero attached hydrogens (tertiary/aromatic N) is 3. The van der Waals surface area contributed by atoms with E-state index in [1.807, 2.05) is 6.07 Å². The Labute approximate surface area is 144 Å². The molecule has 2 aliphatic rings. The SMILES string of the molecule is NC(=O)c1cccc2c1CCN(C(=O)NCc1noc(C3CC3)n1)C2. The van der Waals surface area contributed by atoms with E-state index in [0.29, 0.717) is 42.7 Å². The van der Waals surface area contributed by atoms with Crippen LogP contribution in [0.1, 0.15) is 52.0 Å². The Kier molecular flexibility index (Phi) is 3.87. The van der Waals surface area contributed by atoms with Gasteiger partial charge >= 0.3 is 6.03 Å². The predicted octanol–water partition coefficient (Wildman–Crippen LogP) is 1.31. The van der Waals surface area contributed by atoms with Crippen LogP contribution in [-0.4, -0.2) is 33.5 Å². The zero-order chi connectivity index (χ0) is 17.4. The largest absolute Gasteiger partial charge is 0.366 e. The molecule has 1 fully saturated rings. The zero-order valence-corrected chi connectivity index (χ0v) is 13.7. The smallest absolute Gasteiger partial charge is 0.318 e. The molecule has 1 aromatic carbocycles. The third-order valence-corrected chi connectivity index (χ3v) is 4.63. The van der Waals surface area contributed by atoms with Crippen LogP contribution >= 0.6 is 0 Å². The van der Waals surface area contributed by atoms with Gasteiger partial charge < -0.3 is 20.5 Å². The van der Waals surface area contributed by atoms with Gasteiger partial charge in [0.15, 0.2) is 5.82 Å². The number of carbonyl (C=O) groups is 2. The molecule has 2 aromatic rings. The van der Waals surface area contributed by atoms with Crippen molar-refractivity contribution in [2.75, 3.05) is 6.54 Å². The first-order valence-electron chi connectivity index (χ1n) is 8.37. The van der Waals surface area contributed by atoms with Gasteiger partial charge in [0.1, 0.15) is 0 Å². The molecule has 2 heterocycles. The second kappa shape index (κ2) is 6.19. The summed E-state index contributed by atoms with van der Waals surface area (Å²) >= 11 is 0. The molecule has 0 spiro atoms. The first kappa shape index (κ1) is 15.6. The number of hydrogen-bond acceptors (Lipinski definition) is 5. The first-order valence-corrected chi connectivity index (χ1v) is 8.37. The molecule has 8 heteroatoms. The summed E-state index contributed by atoms with van der Waals surface area (Å²) in [5.41, 5.74) is 7.84. The molecule has 1 aliphatic carbocycles. The lowest BCUT2D eigenvalue weighted by atomic mass is 9.94. The van der Waals surface area contributed by atoms with Crippen molar-refractivity contribution < 1.29 is 14.1 Å². The second-order valence-corrected chi connectivity index (χ2v) is 6.46. The standard InChI is InChI=1S/C17H19N5O3/c18-15(23)13-3-1-2-11-9-22(7-6-12(11)13)17(24)19-8-14-20-16(25-21-14)10-4-5-10/h1-3,10H,4-9H2,(H2,18,23)(H,19,24). The Bertz CT molecular complexity index is 827. The van der Waals surface area contributed by atoms with E-state index in [-0.39, 0.29) is 12.6 Å². The number of aromatic nitrogens is 2. The molecule has 25 heavy (non-hydrogen) atoms. The highest BCUT2D eigenvalue weighted by atomic mass is 16.5. The first-order chi connectivity index (χ1) is 12.1. The van der Waals surface area contributed by atoms with E-state index in [2.05, 4.69) is 15.5 Å². The fraction of sp³-hybridized carbons (Fsp3) is 0.412. The number of benzene rings is 1. The van der Waals surface area contributed by atoms with Crippen molar-refractivity contribution in [2.45, 2.75) is 38.3 Å². The molecule has 0 radical (unpaired) electrons. The van der Waals surface area contributed by atoms with Crippen molar-refractivity contribution in [1.82, 2.24) is 20.4 Å². The molecule has 8 nitrogen and oxygen atoms in total. The molecule has 1 aromatic heterocycles. The quantitative estimate of drug-likeness (QED) is 0.870. The Balaban J connectivity index is 1.38. The maximum atomic E-state index is 12.4. The third kappa shape index (κ3) is 3.19. The van der Waals surface area contributed by atoms with E-state index in [4.69, 9.17) is 10.3 Å². The number of urea groups is 1. The van der Waals surface area contributed by atoms with Crippen LogP contribution in [0.15, 0.2) is 22.7 Å². The lowest BCUT2D eigenvalue weighted by Crippen LogP contribution is -2.43. The number of nitrogens with two attached hydrogens (primary N) is 1. The van der Waals surface area contributed by atoms with Crippen molar-refractivity contribution in [3.63, 3.8) is 0 Å². The summed E-state index contributed by atoms with van der Waals surface area (Å²) in [5.74, 6) is 1.12. The molecule has 1 saturated carbocycles. The van der Waals surface area contributed by atoms with Gasteiger partial charge in [-0.3, -0.25) is 4.79 Å². The van der Waals surface area contributed by atoms with Gasteiger partial charge in [-0.25, -0.2) is 4.79 Å². The van der Waals surface area contributed by atoms with E-state index in [0.717, 1.165) is 24.0 Å². The fourth-order valence-corrected chi connectivity index (χ4v) is 3.12. The number of rotatable bonds is 4.